The van der Waals surface area contributed by atoms with Gasteiger partial charge in [-0.15, -0.1) is 0 Å². The van der Waals surface area contributed by atoms with Gasteiger partial charge in [0, 0.05) is 6.54 Å². The highest BCUT2D eigenvalue weighted by atomic mass is 16.2. The fourth-order valence-electron chi connectivity index (χ4n) is 1.80. The zero-order valence-electron chi connectivity index (χ0n) is 8.86. The van der Waals surface area contributed by atoms with Gasteiger partial charge in [-0.3, -0.25) is 4.79 Å². The number of benzene rings is 1. The van der Waals surface area contributed by atoms with Crippen LogP contribution in [0.3, 0.4) is 0 Å². The van der Waals surface area contributed by atoms with Crippen molar-refractivity contribution >= 4 is 11.6 Å². The van der Waals surface area contributed by atoms with Crippen LogP contribution in [0, 0.1) is 11.3 Å². The van der Waals surface area contributed by atoms with Crippen molar-refractivity contribution in [3.05, 3.63) is 29.8 Å². The number of hydrogen-bond acceptors (Lipinski definition) is 3. The van der Waals surface area contributed by atoms with Crippen molar-refractivity contribution in [2.24, 2.45) is 0 Å². The molecule has 1 atom stereocenters. The van der Waals surface area contributed by atoms with Gasteiger partial charge in [0.2, 0.25) is 5.91 Å². The van der Waals surface area contributed by atoms with E-state index in [9.17, 15) is 4.79 Å². The molecule has 1 amide bonds. The summed E-state index contributed by atoms with van der Waals surface area (Å²) in [4.78, 5) is 11.5. The van der Waals surface area contributed by atoms with Crippen LogP contribution in [-0.4, -0.2) is 18.5 Å². The van der Waals surface area contributed by atoms with E-state index >= 15 is 0 Å². The van der Waals surface area contributed by atoms with Crippen molar-refractivity contribution in [2.75, 3.05) is 11.9 Å². The van der Waals surface area contributed by atoms with E-state index in [1.54, 1.807) is 6.07 Å². The molecule has 1 fully saturated rings. The first kappa shape index (κ1) is 10.5. The Morgan fingerprint density at radius 1 is 1.44 bits per heavy atom. The largest absolute Gasteiger partial charge is 0.373 e. The van der Waals surface area contributed by atoms with Gasteiger partial charge >= 0.3 is 0 Å². The van der Waals surface area contributed by atoms with E-state index in [0.29, 0.717) is 5.56 Å². The van der Waals surface area contributed by atoms with E-state index in [2.05, 4.69) is 16.7 Å². The smallest absolute Gasteiger partial charge is 0.242 e. The molecular formula is C12H13N3O. The van der Waals surface area contributed by atoms with E-state index in [1.165, 1.54) is 0 Å². The normalized spacial score (nSPS) is 19.7. The fraction of sp³-hybridized carbons (Fsp3) is 0.333. The predicted octanol–water partition coefficient (Wildman–Crippen LogP) is 1.25. The molecule has 1 saturated heterocycles. The maximum atomic E-state index is 11.5. The summed E-state index contributed by atoms with van der Waals surface area (Å²) in [7, 11) is 0. The highest BCUT2D eigenvalue weighted by Crippen LogP contribution is 2.17. The lowest BCUT2D eigenvalue weighted by atomic mass is 10.1. The Labute approximate surface area is 94.3 Å². The Hall–Kier alpha value is -2.02. The molecule has 2 N–H and O–H groups in total. The first-order valence-electron chi connectivity index (χ1n) is 5.34. The molecule has 2 rings (SSSR count). The third-order valence-electron chi connectivity index (χ3n) is 2.66. The predicted molar refractivity (Wildman–Crippen MR) is 60.8 cm³/mol. The molecule has 0 radical (unpaired) electrons. The third-order valence-corrected chi connectivity index (χ3v) is 2.66. The quantitative estimate of drug-likeness (QED) is 0.780. The van der Waals surface area contributed by atoms with Crippen LogP contribution in [-0.2, 0) is 4.79 Å². The first-order chi connectivity index (χ1) is 7.81. The van der Waals surface area contributed by atoms with Crippen molar-refractivity contribution in [3.63, 3.8) is 0 Å². The average molecular weight is 215 g/mol. The number of carbonyl (C=O) groups is 1. The Morgan fingerprint density at radius 2 is 2.25 bits per heavy atom. The zero-order valence-corrected chi connectivity index (χ0v) is 8.86. The minimum Gasteiger partial charge on any atom is -0.373 e. The van der Waals surface area contributed by atoms with Gasteiger partial charge in [0.1, 0.15) is 12.1 Å². The summed E-state index contributed by atoms with van der Waals surface area (Å²) < 4.78 is 0. The lowest BCUT2D eigenvalue weighted by molar-refractivity contribution is -0.123. The van der Waals surface area contributed by atoms with Crippen molar-refractivity contribution in [1.82, 2.24) is 5.32 Å². The van der Waals surface area contributed by atoms with E-state index in [-0.39, 0.29) is 11.9 Å². The molecule has 1 heterocycles. The number of nitrogens with one attached hydrogen (secondary N) is 2. The second-order valence-electron chi connectivity index (χ2n) is 3.79. The second kappa shape index (κ2) is 4.67. The van der Waals surface area contributed by atoms with Crippen molar-refractivity contribution in [2.45, 2.75) is 18.9 Å². The lowest BCUT2D eigenvalue weighted by Crippen LogP contribution is -2.44. The van der Waals surface area contributed by atoms with Crippen molar-refractivity contribution < 1.29 is 4.79 Å². The summed E-state index contributed by atoms with van der Waals surface area (Å²) in [6.45, 7) is 0.747. The summed E-state index contributed by atoms with van der Waals surface area (Å²) in [5.74, 6) is 0.0130. The zero-order chi connectivity index (χ0) is 11.4. The molecule has 0 aliphatic carbocycles. The second-order valence-corrected chi connectivity index (χ2v) is 3.79. The summed E-state index contributed by atoms with van der Waals surface area (Å²) >= 11 is 0. The molecule has 0 aromatic heterocycles. The number of nitrogens with zero attached hydrogens (tertiary/aromatic N) is 1. The molecular weight excluding hydrogens is 202 g/mol. The third kappa shape index (κ3) is 2.14. The van der Waals surface area contributed by atoms with Gasteiger partial charge in [0.25, 0.3) is 0 Å². The number of piperidine rings is 1. The monoisotopic (exact) mass is 215 g/mol. The summed E-state index contributed by atoms with van der Waals surface area (Å²) in [6, 6.07) is 9.11. The van der Waals surface area contributed by atoms with Gasteiger partial charge < -0.3 is 10.6 Å². The van der Waals surface area contributed by atoms with Crippen LogP contribution in [0.25, 0.3) is 0 Å². The number of carbonyl (C=O) groups excluding carboxylic acids is 1. The highest BCUT2D eigenvalue weighted by molar-refractivity contribution is 5.85. The molecule has 0 spiro atoms. The molecule has 82 valence electrons. The van der Waals surface area contributed by atoms with Crippen LogP contribution >= 0.6 is 0 Å². The minimum atomic E-state index is -0.219. The summed E-state index contributed by atoms with van der Waals surface area (Å²) in [5, 5.41) is 14.8. The van der Waals surface area contributed by atoms with E-state index in [0.717, 1.165) is 25.1 Å². The number of para-hydroxylation sites is 1. The Morgan fingerprint density at radius 3 is 3.00 bits per heavy atom. The lowest BCUT2D eigenvalue weighted by Gasteiger charge is -2.24. The van der Waals surface area contributed by atoms with Crippen molar-refractivity contribution in [3.8, 4) is 6.07 Å². The molecule has 1 aliphatic rings. The highest BCUT2D eigenvalue weighted by Gasteiger charge is 2.22. The molecule has 1 unspecified atom stereocenters. The van der Waals surface area contributed by atoms with Gasteiger partial charge in [-0.25, -0.2) is 0 Å². The molecule has 0 saturated carbocycles. The number of amides is 1. The minimum absolute atomic E-state index is 0.0130. The Balaban J connectivity index is 2.14. The van der Waals surface area contributed by atoms with Gasteiger partial charge in [0.15, 0.2) is 0 Å². The van der Waals surface area contributed by atoms with Gasteiger partial charge in [-0.1, -0.05) is 12.1 Å². The van der Waals surface area contributed by atoms with Crippen LogP contribution in [0.4, 0.5) is 5.69 Å². The van der Waals surface area contributed by atoms with Gasteiger partial charge in [-0.2, -0.15) is 5.26 Å². The van der Waals surface area contributed by atoms with Crippen LogP contribution in [0.15, 0.2) is 24.3 Å². The Kier molecular flexibility index (Phi) is 3.06. The molecule has 1 aliphatic heterocycles. The molecule has 1 aromatic rings. The number of hydrogen-bond donors (Lipinski definition) is 2. The molecule has 16 heavy (non-hydrogen) atoms. The van der Waals surface area contributed by atoms with Crippen LogP contribution in [0.2, 0.25) is 0 Å². The van der Waals surface area contributed by atoms with E-state index in [1.807, 2.05) is 18.2 Å². The summed E-state index contributed by atoms with van der Waals surface area (Å²) in [5.41, 5.74) is 1.30. The van der Waals surface area contributed by atoms with Crippen molar-refractivity contribution in [1.29, 1.82) is 5.26 Å². The average Bonchev–Trinajstić information content (AvgIpc) is 2.33. The standard InChI is InChI=1S/C12H13N3O/c13-8-9-4-1-2-5-10(9)15-11-6-3-7-14-12(11)16/h1-2,4-5,11,15H,3,6-7H2,(H,14,16). The van der Waals surface area contributed by atoms with Crippen LogP contribution < -0.4 is 10.6 Å². The SMILES string of the molecule is N#Cc1ccccc1NC1CCCNC1=O. The number of anilines is 1. The van der Waals surface area contributed by atoms with Crippen LogP contribution in [0.1, 0.15) is 18.4 Å². The molecule has 0 bridgehead atoms. The first-order valence-corrected chi connectivity index (χ1v) is 5.34. The molecule has 1 aromatic carbocycles. The molecule has 4 heteroatoms. The van der Waals surface area contributed by atoms with E-state index < -0.39 is 0 Å². The maximum Gasteiger partial charge on any atom is 0.242 e. The number of rotatable bonds is 2. The van der Waals surface area contributed by atoms with Gasteiger partial charge in [-0.05, 0) is 25.0 Å². The number of nitriles is 1. The fourth-order valence-corrected chi connectivity index (χ4v) is 1.80. The topological polar surface area (TPSA) is 64.9 Å². The van der Waals surface area contributed by atoms with Crippen LogP contribution in [0.5, 0.6) is 0 Å². The Bertz CT molecular complexity index is 436. The van der Waals surface area contributed by atoms with E-state index in [4.69, 9.17) is 5.26 Å². The maximum absolute atomic E-state index is 11.5. The summed E-state index contributed by atoms with van der Waals surface area (Å²) in [6.07, 6.45) is 1.78. The van der Waals surface area contributed by atoms with Gasteiger partial charge in [0.05, 0.1) is 11.3 Å². The molecule has 4 nitrogen and oxygen atoms in total.